The molecule has 0 saturated heterocycles. The molecular weight excluding hydrogens is 858 g/mol. The lowest BCUT2D eigenvalue weighted by atomic mass is 10.3. The van der Waals surface area contributed by atoms with E-state index in [2.05, 4.69) is 55.5 Å². The lowest BCUT2D eigenvalue weighted by molar-refractivity contribution is 0.590. The normalized spacial score (nSPS) is 11.8. The summed E-state index contributed by atoms with van der Waals surface area (Å²) >= 11 is 17.3. The summed E-state index contributed by atoms with van der Waals surface area (Å²) in [4.78, 5) is 16.4. The number of hydrogen-bond donors (Lipinski definition) is 2. The Hall–Kier alpha value is -3.17. The molecule has 0 amide bonds. The highest BCUT2D eigenvalue weighted by Gasteiger charge is 2.25. The van der Waals surface area contributed by atoms with Crippen molar-refractivity contribution >= 4 is 105 Å². The zero-order valence-corrected chi connectivity index (χ0v) is 31.0. The predicted molar refractivity (Wildman–Crippen MR) is 185 cm³/mol. The molecule has 0 aliphatic heterocycles. The maximum atomic E-state index is 12.5. The first-order valence-electron chi connectivity index (χ1n) is 12.9. The summed E-state index contributed by atoms with van der Waals surface area (Å²) in [6.45, 7) is 7.21. The number of aromatic nitrogens is 8. The lowest BCUT2D eigenvalue weighted by Gasteiger charge is -2.08. The van der Waals surface area contributed by atoms with Crippen LogP contribution < -0.4 is 9.44 Å². The average molecular weight is 880 g/mol. The Balaban J connectivity index is 0.000000181. The van der Waals surface area contributed by atoms with Crippen LogP contribution >= 0.6 is 61.7 Å². The van der Waals surface area contributed by atoms with Crippen LogP contribution in [-0.2, 0) is 20.0 Å². The lowest BCUT2D eigenvalue weighted by Crippen LogP contribution is -2.16. The van der Waals surface area contributed by atoms with Crippen LogP contribution in [0.15, 0.2) is 63.3 Å². The molecule has 14 nitrogen and oxygen atoms in total. The summed E-state index contributed by atoms with van der Waals surface area (Å²) in [5.74, 6) is 0.456. The smallest absolute Gasteiger partial charge is 0.274 e. The van der Waals surface area contributed by atoms with E-state index in [1.165, 1.54) is 9.03 Å². The Morgan fingerprint density at radius 1 is 0.696 bits per heavy atom. The molecule has 0 aliphatic carbocycles. The van der Waals surface area contributed by atoms with Crippen LogP contribution in [0.3, 0.4) is 0 Å². The van der Waals surface area contributed by atoms with Crippen LogP contribution in [0, 0.1) is 31.3 Å². The second kappa shape index (κ2) is 13.1. The first kappa shape index (κ1) is 34.2. The molecule has 0 spiro atoms. The number of benzene rings is 2. The van der Waals surface area contributed by atoms with Gasteiger partial charge in [-0.2, -0.15) is 26.8 Å². The first-order valence-corrected chi connectivity index (χ1v) is 18.5. The molecule has 20 heteroatoms. The fraction of sp³-hybridized carbons (Fsp3) is 0.154. The van der Waals surface area contributed by atoms with Crippen LogP contribution in [0.25, 0.3) is 11.6 Å². The van der Waals surface area contributed by atoms with Crippen molar-refractivity contribution in [1.82, 2.24) is 39.2 Å². The van der Waals surface area contributed by atoms with Crippen molar-refractivity contribution in [3.63, 3.8) is 0 Å². The molecule has 0 fully saturated rings. The van der Waals surface area contributed by atoms with Crippen molar-refractivity contribution in [2.24, 2.45) is 0 Å². The predicted octanol–water partition coefficient (Wildman–Crippen LogP) is 5.76. The Morgan fingerprint density at radius 3 is 1.59 bits per heavy atom. The Bertz CT molecular complexity index is 2160. The third-order valence-corrected chi connectivity index (χ3v) is 10.5. The number of sulfonamides is 2. The van der Waals surface area contributed by atoms with Crippen LogP contribution in [0.4, 0.5) is 11.4 Å². The fourth-order valence-electron chi connectivity index (χ4n) is 4.07. The van der Waals surface area contributed by atoms with Gasteiger partial charge in [-0.3, -0.25) is 9.44 Å². The maximum absolute atomic E-state index is 12.5. The molecule has 0 radical (unpaired) electrons. The van der Waals surface area contributed by atoms with Crippen molar-refractivity contribution in [2.45, 2.75) is 38.0 Å². The quantitative estimate of drug-likeness (QED) is 0.196. The van der Waals surface area contributed by atoms with E-state index in [0.717, 1.165) is 22.8 Å². The number of rotatable bonds is 6. The largest absolute Gasteiger partial charge is 0.299 e. The van der Waals surface area contributed by atoms with Gasteiger partial charge < -0.3 is 0 Å². The van der Waals surface area contributed by atoms with E-state index in [4.69, 9.17) is 23.2 Å². The maximum Gasteiger partial charge on any atom is 0.299 e. The molecule has 4 aromatic heterocycles. The van der Waals surface area contributed by atoms with Gasteiger partial charge in [0.1, 0.15) is 0 Å². The number of anilines is 2. The van der Waals surface area contributed by atoms with Gasteiger partial charge in [0.25, 0.3) is 41.9 Å². The van der Waals surface area contributed by atoms with Gasteiger partial charge in [-0.15, -0.1) is 10.2 Å². The number of nitrogens with one attached hydrogen (secondary N) is 2. The van der Waals surface area contributed by atoms with Gasteiger partial charge in [-0.05, 0) is 103 Å². The number of fused-ring (bicyclic) bond motifs is 2. The Kier molecular flexibility index (Phi) is 9.77. The van der Waals surface area contributed by atoms with Crippen molar-refractivity contribution in [3.8, 4) is 0 Å². The van der Waals surface area contributed by atoms with E-state index >= 15 is 0 Å². The summed E-state index contributed by atoms with van der Waals surface area (Å²) in [5.41, 5.74) is 3.48. The molecule has 2 aromatic carbocycles. The molecule has 0 atom stereocenters. The molecule has 2 N–H and O–H groups in total. The molecule has 0 bridgehead atoms. The molecule has 240 valence electrons. The van der Waals surface area contributed by atoms with Crippen molar-refractivity contribution in [2.75, 3.05) is 9.44 Å². The van der Waals surface area contributed by atoms with E-state index in [1.54, 1.807) is 76.2 Å². The van der Waals surface area contributed by atoms with Gasteiger partial charge in [-0.25, -0.2) is 19.0 Å². The minimum atomic E-state index is -4.00. The fourth-order valence-corrected chi connectivity index (χ4v) is 8.26. The average Bonchev–Trinajstić information content (AvgIpc) is 3.60. The van der Waals surface area contributed by atoms with E-state index in [-0.39, 0.29) is 32.6 Å². The highest BCUT2D eigenvalue weighted by atomic mass is 127. The van der Waals surface area contributed by atoms with Crippen LogP contribution in [0.2, 0.25) is 10.0 Å². The van der Waals surface area contributed by atoms with Gasteiger partial charge in [0.15, 0.2) is 0 Å². The minimum Gasteiger partial charge on any atom is -0.274 e. The molecule has 6 rings (SSSR count). The summed E-state index contributed by atoms with van der Waals surface area (Å²) in [5, 5.41) is 7.88. The van der Waals surface area contributed by atoms with Gasteiger partial charge in [0, 0.05) is 30.8 Å². The number of aryl methyl sites for hydroxylation is 4. The SMILES string of the molecule is Cc1cc(C)n2nc(S(=O)(=O)Nc3c(Cl)cccc3Br)nc2n1.Cc1cc(C)n2nc(S(=O)(=O)Nc3c(Cl)cccc3I)nc2n1. The molecule has 0 saturated carbocycles. The summed E-state index contributed by atoms with van der Waals surface area (Å²) in [6.07, 6.45) is 0. The van der Waals surface area contributed by atoms with Crippen molar-refractivity contribution in [3.05, 3.63) is 89.4 Å². The van der Waals surface area contributed by atoms with Gasteiger partial charge in [0.2, 0.25) is 0 Å². The standard InChI is InChI=1S/C13H11BrClN5O2S.C13H11ClIN5O2S/c2*1-7-6-8(2)20-12(16-7)17-13(18-20)23(21,22)19-11-9(14)4-3-5-10(11)15/h2*3-6,19H,1-2H3. The number of hydrogen-bond acceptors (Lipinski definition) is 10. The zero-order valence-electron chi connectivity index (χ0n) is 24.2. The van der Waals surface area contributed by atoms with E-state index < -0.39 is 20.0 Å². The summed E-state index contributed by atoms with van der Waals surface area (Å²) in [6, 6.07) is 13.6. The number of halogens is 4. The van der Waals surface area contributed by atoms with Crippen molar-refractivity contribution in [1.29, 1.82) is 0 Å². The van der Waals surface area contributed by atoms with Crippen LogP contribution in [0.5, 0.6) is 0 Å². The third kappa shape index (κ3) is 7.20. The highest BCUT2D eigenvalue weighted by Crippen LogP contribution is 2.32. The first-order chi connectivity index (χ1) is 21.6. The highest BCUT2D eigenvalue weighted by molar-refractivity contribution is 14.1. The Morgan fingerprint density at radius 2 is 1.13 bits per heavy atom. The zero-order chi connectivity index (χ0) is 33.6. The van der Waals surface area contributed by atoms with E-state index in [9.17, 15) is 16.8 Å². The van der Waals surface area contributed by atoms with E-state index in [0.29, 0.717) is 18.8 Å². The molecule has 0 aliphatic rings. The monoisotopic (exact) mass is 878 g/mol. The number of para-hydroxylation sites is 2. The molecular formula is C26H22BrCl2IN10O4S2. The molecule has 6 aromatic rings. The second-order valence-corrected chi connectivity index (χ2v) is 15.7. The van der Waals surface area contributed by atoms with Gasteiger partial charge in [-0.1, -0.05) is 35.3 Å². The summed E-state index contributed by atoms with van der Waals surface area (Å²) < 4.78 is 58.9. The molecule has 46 heavy (non-hydrogen) atoms. The van der Waals surface area contributed by atoms with Gasteiger partial charge >= 0.3 is 0 Å². The van der Waals surface area contributed by atoms with Gasteiger partial charge in [0.05, 0.1) is 21.4 Å². The second-order valence-electron chi connectivity index (χ2n) is 9.69. The topological polar surface area (TPSA) is 178 Å². The number of nitrogens with zero attached hydrogens (tertiary/aromatic N) is 8. The van der Waals surface area contributed by atoms with Crippen molar-refractivity contribution < 1.29 is 16.8 Å². The minimum absolute atomic E-state index is 0.223. The Labute approximate surface area is 295 Å². The molecule has 0 unspecified atom stereocenters. The van der Waals surface area contributed by atoms with E-state index in [1.807, 2.05) is 22.6 Å². The van der Waals surface area contributed by atoms with Crippen LogP contribution in [0.1, 0.15) is 22.8 Å². The van der Waals surface area contributed by atoms with Crippen LogP contribution in [-0.4, -0.2) is 56.0 Å². The third-order valence-electron chi connectivity index (χ3n) is 6.08. The summed E-state index contributed by atoms with van der Waals surface area (Å²) in [7, 11) is -7.97. The molecule has 4 heterocycles.